The van der Waals surface area contributed by atoms with Gasteiger partial charge in [0.05, 0.1) is 47.4 Å². The number of aliphatic hydroxyl groups is 1. The second kappa shape index (κ2) is 9.78. The number of carboxylic acids is 1. The van der Waals surface area contributed by atoms with Crippen LogP contribution in [0.5, 0.6) is 0 Å². The molecular formula is C30H29FN6O6. The second-order valence-corrected chi connectivity index (χ2v) is 11.5. The fraction of sp³-hybridized carbons (Fsp3) is 0.400. The Kier molecular flexibility index (Phi) is 6.22. The van der Waals surface area contributed by atoms with Gasteiger partial charge in [0.25, 0.3) is 5.56 Å². The molecule has 0 saturated carbocycles. The van der Waals surface area contributed by atoms with Crippen LogP contribution in [0.1, 0.15) is 59.7 Å². The molecule has 3 aromatic heterocycles. The number of halogens is 1. The first-order valence-corrected chi connectivity index (χ1v) is 14.2. The molecule has 13 heteroatoms. The van der Waals surface area contributed by atoms with Crippen LogP contribution in [0.3, 0.4) is 0 Å². The van der Waals surface area contributed by atoms with E-state index in [0.29, 0.717) is 53.1 Å². The Hall–Kier alpha value is -4.49. The van der Waals surface area contributed by atoms with Crippen molar-refractivity contribution < 1.29 is 28.9 Å². The van der Waals surface area contributed by atoms with E-state index in [2.05, 4.69) is 10.3 Å². The highest BCUT2D eigenvalue weighted by molar-refractivity contribution is 5.89. The third-order valence-electron chi connectivity index (χ3n) is 9.01. The number of carboxylic acid groups (broad SMARTS) is 1. The number of pyridine rings is 2. The Morgan fingerprint density at radius 2 is 2.02 bits per heavy atom. The average Bonchev–Trinajstić information content (AvgIpc) is 3.72. The number of carbonyl (C=O) groups excluding carboxylic acids is 1. The van der Waals surface area contributed by atoms with Crippen LogP contribution in [0.15, 0.2) is 29.2 Å². The largest absolute Gasteiger partial charge is 0.480 e. The van der Waals surface area contributed by atoms with E-state index in [-0.39, 0.29) is 42.8 Å². The molecule has 12 nitrogen and oxygen atoms in total. The summed E-state index contributed by atoms with van der Waals surface area (Å²) in [7, 11) is 0. The molecule has 0 spiro atoms. The molecule has 2 N–H and O–H groups in total. The number of rotatable bonds is 6. The summed E-state index contributed by atoms with van der Waals surface area (Å²) in [6, 6.07) is 4.16. The Balaban J connectivity index is 1.34. The van der Waals surface area contributed by atoms with E-state index in [1.807, 2.05) is 4.90 Å². The minimum absolute atomic E-state index is 0.0226. The van der Waals surface area contributed by atoms with Crippen molar-refractivity contribution in [2.24, 2.45) is 0 Å². The van der Waals surface area contributed by atoms with E-state index >= 15 is 0 Å². The molecule has 3 aliphatic rings. The highest BCUT2D eigenvalue weighted by Crippen LogP contribution is 2.40. The lowest BCUT2D eigenvalue weighted by molar-refractivity contribution is -0.172. The molecule has 4 aromatic rings. The highest BCUT2D eigenvalue weighted by atomic mass is 19.1. The summed E-state index contributed by atoms with van der Waals surface area (Å²) in [4.78, 5) is 44.5. The fourth-order valence-corrected chi connectivity index (χ4v) is 6.63. The van der Waals surface area contributed by atoms with Gasteiger partial charge in [-0.1, -0.05) is 12.1 Å². The monoisotopic (exact) mass is 588 g/mol. The summed E-state index contributed by atoms with van der Waals surface area (Å²) in [5.74, 6) is -2.08. The van der Waals surface area contributed by atoms with Crippen LogP contribution in [-0.4, -0.2) is 64.2 Å². The predicted molar refractivity (Wildman–Crippen MR) is 149 cm³/mol. The van der Waals surface area contributed by atoms with Crippen molar-refractivity contribution in [2.75, 3.05) is 6.54 Å². The summed E-state index contributed by atoms with van der Waals surface area (Å²) in [5.41, 5.74) is 1.95. The van der Waals surface area contributed by atoms with Crippen LogP contribution in [0, 0.1) is 12.7 Å². The van der Waals surface area contributed by atoms with Crippen LogP contribution in [0.4, 0.5) is 4.39 Å². The minimum Gasteiger partial charge on any atom is -0.480 e. The number of fused-ring (bicyclic) bond motifs is 5. The van der Waals surface area contributed by atoms with Gasteiger partial charge in [0, 0.05) is 29.1 Å². The van der Waals surface area contributed by atoms with E-state index in [4.69, 9.17) is 9.72 Å². The molecule has 0 aliphatic carbocycles. The van der Waals surface area contributed by atoms with E-state index in [1.54, 1.807) is 41.4 Å². The summed E-state index contributed by atoms with van der Waals surface area (Å²) in [6.45, 7) is 4.51. The number of hydrogen-bond acceptors (Lipinski definition) is 9. The second-order valence-electron chi connectivity index (χ2n) is 11.5. The first-order valence-electron chi connectivity index (χ1n) is 14.2. The molecule has 222 valence electrons. The van der Waals surface area contributed by atoms with Gasteiger partial charge < -0.3 is 19.5 Å². The Morgan fingerprint density at radius 1 is 1.21 bits per heavy atom. The van der Waals surface area contributed by atoms with Crippen LogP contribution >= 0.6 is 0 Å². The molecule has 6 heterocycles. The molecular weight excluding hydrogens is 559 g/mol. The van der Waals surface area contributed by atoms with Gasteiger partial charge in [0.1, 0.15) is 18.5 Å². The van der Waals surface area contributed by atoms with E-state index in [1.165, 1.54) is 6.07 Å². The lowest BCUT2D eigenvalue weighted by Crippen LogP contribution is -2.44. The van der Waals surface area contributed by atoms with Gasteiger partial charge >= 0.3 is 11.9 Å². The molecule has 2 atom stereocenters. The number of carbonyl (C=O) groups is 2. The maximum absolute atomic E-state index is 14.8. The van der Waals surface area contributed by atoms with Crippen LogP contribution < -0.4 is 5.56 Å². The summed E-state index contributed by atoms with van der Waals surface area (Å²) in [5, 5.41) is 30.0. The number of esters is 1. The smallest absolute Gasteiger partial charge is 0.343 e. The molecule has 1 fully saturated rings. The lowest BCUT2D eigenvalue weighted by Gasteiger charge is -2.31. The van der Waals surface area contributed by atoms with E-state index in [0.717, 1.165) is 17.5 Å². The zero-order valence-corrected chi connectivity index (χ0v) is 23.6. The van der Waals surface area contributed by atoms with Gasteiger partial charge in [-0.25, -0.2) is 18.9 Å². The topological polar surface area (TPSA) is 153 Å². The normalized spacial score (nSPS) is 21.1. The van der Waals surface area contributed by atoms with Crippen molar-refractivity contribution in [1.82, 2.24) is 29.4 Å². The average molecular weight is 589 g/mol. The SMILES string of the molecule is CC[C@@]1(O)C(=O)OCc2c1cc1n(c2=O)Cc2c-1nc1cc(F)c(C)cc1c2Cn1cc(CN2CCCC2C(=O)O)nn1. The van der Waals surface area contributed by atoms with Crippen molar-refractivity contribution in [3.63, 3.8) is 0 Å². The minimum atomic E-state index is -1.96. The van der Waals surface area contributed by atoms with E-state index < -0.39 is 29.4 Å². The predicted octanol–water partition coefficient (Wildman–Crippen LogP) is 2.22. The molecule has 0 radical (unpaired) electrons. The Bertz CT molecular complexity index is 1920. The van der Waals surface area contributed by atoms with Crippen LogP contribution in [-0.2, 0) is 46.2 Å². The number of aliphatic carboxylic acids is 1. The molecule has 7 rings (SSSR count). The fourth-order valence-electron chi connectivity index (χ4n) is 6.63. The number of aryl methyl sites for hydroxylation is 1. The first-order chi connectivity index (χ1) is 20.6. The number of hydrogen-bond donors (Lipinski definition) is 2. The summed E-state index contributed by atoms with van der Waals surface area (Å²) < 4.78 is 23.1. The van der Waals surface area contributed by atoms with Gasteiger partial charge in [-0.3, -0.25) is 14.5 Å². The maximum atomic E-state index is 14.8. The number of aromatic nitrogens is 5. The molecule has 1 saturated heterocycles. The van der Waals surface area contributed by atoms with Gasteiger partial charge in [-0.15, -0.1) is 5.10 Å². The number of benzene rings is 1. The Morgan fingerprint density at radius 3 is 2.79 bits per heavy atom. The molecule has 43 heavy (non-hydrogen) atoms. The highest BCUT2D eigenvalue weighted by Gasteiger charge is 2.45. The van der Waals surface area contributed by atoms with Crippen molar-refractivity contribution in [3.8, 4) is 11.4 Å². The third kappa shape index (κ3) is 4.17. The van der Waals surface area contributed by atoms with Crippen molar-refractivity contribution in [2.45, 2.75) is 71.0 Å². The summed E-state index contributed by atoms with van der Waals surface area (Å²) in [6.07, 6.45) is 3.18. The molecule has 3 aliphatic heterocycles. The van der Waals surface area contributed by atoms with Crippen LogP contribution in [0.2, 0.25) is 0 Å². The first kappa shape index (κ1) is 27.3. The zero-order valence-electron chi connectivity index (χ0n) is 23.6. The molecule has 1 aromatic carbocycles. The molecule has 0 bridgehead atoms. The maximum Gasteiger partial charge on any atom is 0.343 e. The van der Waals surface area contributed by atoms with Gasteiger partial charge in [-0.2, -0.15) is 0 Å². The third-order valence-corrected chi connectivity index (χ3v) is 9.01. The Labute approximate surface area is 244 Å². The summed E-state index contributed by atoms with van der Waals surface area (Å²) >= 11 is 0. The van der Waals surface area contributed by atoms with Crippen molar-refractivity contribution in [3.05, 3.63) is 74.1 Å². The van der Waals surface area contributed by atoms with Crippen molar-refractivity contribution >= 4 is 22.8 Å². The van der Waals surface area contributed by atoms with E-state index in [9.17, 15) is 29.0 Å². The number of likely N-dealkylation sites (tertiary alicyclic amines) is 1. The van der Waals surface area contributed by atoms with Crippen LogP contribution in [0.25, 0.3) is 22.3 Å². The van der Waals surface area contributed by atoms with Gasteiger partial charge in [0.15, 0.2) is 5.60 Å². The lowest BCUT2D eigenvalue weighted by atomic mass is 9.86. The van der Waals surface area contributed by atoms with Gasteiger partial charge in [-0.05, 0) is 56.0 Å². The standard InChI is InChI=1S/C30H29FN6O6/c1-3-30(42)21-8-25-26-19(13-37(25)27(38)20(21)14-43-29(30)41)18(17-7-15(2)22(31)9-23(17)32-26)12-36-11-16(33-34-36)10-35-6-4-5-24(35)28(39)40/h7-9,11,24,42H,3-6,10,12-14H2,1-2H3,(H,39,40)/t24?,30-/m0/s1. The number of cyclic esters (lactones) is 1. The van der Waals surface area contributed by atoms with Gasteiger partial charge in [0.2, 0.25) is 0 Å². The molecule has 0 amide bonds. The number of ether oxygens (including phenoxy) is 1. The molecule has 1 unspecified atom stereocenters. The zero-order chi connectivity index (χ0) is 30.2. The number of nitrogens with zero attached hydrogens (tertiary/aromatic N) is 6. The quantitative estimate of drug-likeness (QED) is 0.282. The van der Waals surface area contributed by atoms with Crippen molar-refractivity contribution in [1.29, 1.82) is 0 Å².